The molecule has 3 nitrogen and oxygen atoms in total. The molecule has 0 aliphatic rings. The maximum absolute atomic E-state index is 10.9. The highest BCUT2D eigenvalue weighted by molar-refractivity contribution is 6.73. The van der Waals surface area contributed by atoms with Crippen LogP contribution in [0, 0.1) is 0 Å². The van der Waals surface area contributed by atoms with Crippen molar-refractivity contribution in [3.63, 3.8) is 0 Å². The number of rotatable bonds is 11. The quantitative estimate of drug-likeness (QED) is 0.246. The molecule has 0 saturated heterocycles. The monoisotopic (exact) mass is 286 g/mol. The van der Waals surface area contributed by atoms with Gasteiger partial charge in [0.05, 0.1) is 7.11 Å². The third kappa shape index (κ3) is 8.21. The Labute approximate surface area is 119 Å². The van der Waals surface area contributed by atoms with E-state index in [2.05, 4.69) is 37.7 Å². The second kappa shape index (κ2) is 11.2. The minimum Gasteiger partial charge on any atom is -0.469 e. The molecule has 0 N–H and O–H groups in total. The zero-order valence-corrected chi connectivity index (χ0v) is 14.0. The molecule has 0 saturated carbocycles. The van der Waals surface area contributed by atoms with Gasteiger partial charge in [0.1, 0.15) is 0 Å². The molecular weight excluding hydrogens is 256 g/mol. The molecule has 112 valence electrons. The van der Waals surface area contributed by atoms with Crippen molar-refractivity contribution >= 4 is 14.3 Å². The van der Waals surface area contributed by atoms with Crippen LogP contribution in [0.3, 0.4) is 0 Å². The number of methoxy groups -OCH3 is 1. The third-order valence-corrected chi connectivity index (χ3v) is 8.45. The Morgan fingerprint density at radius 2 is 1.63 bits per heavy atom. The van der Waals surface area contributed by atoms with Crippen LogP contribution >= 0.6 is 0 Å². The van der Waals surface area contributed by atoms with Crippen molar-refractivity contribution in [2.75, 3.05) is 13.7 Å². The summed E-state index contributed by atoms with van der Waals surface area (Å²) >= 11 is 0. The largest absolute Gasteiger partial charge is 0.469 e. The van der Waals surface area contributed by atoms with E-state index in [1.807, 2.05) is 0 Å². The maximum Gasteiger partial charge on any atom is 0.305 e. The second-order valence-corrected chi connectivity index (χ2v) is 9.60. The van der Waals surface area contributed by atoms with Crippen molar-refractivity contribution in [3.05, 3.63) is 12.2 Å². The highest BCUT2D eigenvalue weighted by Crippen LogP contribution is 2.21. The average molecular weight is 286 g/mol. The predicted octanol–water partition coefficient (Wildman–Crippen LogP) is 4.30. The first-order valence-electron chi connectivity index (χ1n) is 7.49. The fraction of sp³-hybridized carbons (Fsp3) is 0.800. The Morgan fingerprint density at radius 3 is 2.16 bits per heavy atom. The van der Waals surface area contributed by atoms with Crippen LogP contribution in [0.5, 0.6) is 0 Å². The first-order chi connectivity index (χ1) is 9.14. The zero-order chi connectivity index (χ0) is 14.6. The summed E-state index contributed by atoms with van der Waals surface area (Å²) in [5, 5.41) is 0. The van der Waals surface area contributed by atoms with Crippen molar-refractivity contribution in [3.8, 4) is 0 Å². The van der Waals surface area contributed by atoms with Gasteiger partial charge in [0.2, 0.25) is 0 Å². The number of ether oxygens (including phenoxy) is 1. The highest BCUT2D eigenvalue weighted by Gasteiger charge is 2.27. The van der Waals surface area contributed by atoms with E-state index >= 15 is 0 Å². The summed E-state index contributed by atoms with van der Waals surface area (Å²) in [7, 11) is 0.0237. The molecule has 0 aromatic heterocycles. The van der Waals surface area contributed by atoms with Crippen LogP contribution in [-0.2, 0) is 14.0 Å². The summed E-state index contributed by atoms with van der Waals surface area (Å²) in [6.45, 7) is 7.60. The fourth-order valence-electron chi connectivity index (χ4n) is 2.10. The number of hydrogen-bond acceptors (Lipinski definition) is 3. The lowest BCUT2D eigenvalue weighted by molar-refractivity contribution is -0.140. The lowest BCUT2D eigenvalue weighted by Crippen LogP contribution is -2.35. The molecule has 0 amide bonds. The number of carbonyl (C=O) groups is 1. The zero-order valence-electron chi connectivity index (χ0n) is 13.0. The highest BCUT2D eigenvalue weighted by atomic mass is 28.4. The topological polar surface area (TPSA) is 35.5 Å². The summed E-state index contributed by atoms with van der Waals surface area (Å²) in [6, 6.07) is 3.63. The van der Waals surface area contributed by atoms with Crippen LogP contribution < -0.4 is 0 Å². The lowest BCUT2D eigenvalue weighted by Gasteiger charge is -2.27. The van der Waals surface area contributed by atoms with E-state index in [4.69, 9.17) is 4.43 Å². The van der Waals surface area contributed by atoms with Gasteiger partial charge in [-0.1, -0.05) is 32.9 Å². The molecule has 19 heavy (non-hydrogen) atoms. The summed E-state index contributed by atoms with van der Waals surface area (Å²) in [4.78, 5) is 10.9. The normalized spacial score (nSPS) is 12.0. The van der Waals surface area contributed by atoms with Gasteiger partial charge in [-0.2, -0.15) is 0 Å². The molecule has 0 aliphatic heterocycles. The van der Waals surface area contributed by atoms with Crippen molar-refractivity contribution in [2.24, 2.45) is 0 Å². The molecule has 4 heteroatoms. The smallest absolute Gasteiger partial charge is 0.305 e. The molecular formula is C15H30O3Si. The SMILES string of the molecule is CC[Si](CC)(CC)OCC/C=C\CCCC(=O)OC. The predicted molar refractivity (Wildman–Crippen MR) is 82.8 cm³/mol. The molecule has 0 aromatic rings. The van der Waals surface area contributed by atoms with E-state index < -0.39 is 8.32 Å². The van der Waals surface area contributed by atoms with E-state index in [0.717, 1.165) is 25.9 Å². The van der Waals surface area contributed by atoms with Crippen LogP contribution in [0.15, 0.2) is 12.2 Å². The van der Waals surface area contributed by atoms with E-state index in [-0.39, 0.29) is 5.97 Å². The molecule has 0 fully saturated rings. The maximum atomic E-state index is 10.9. The van der Waals surface area contributed by atoms with Crippen molar-refractivity contribution in [2.45, 2.75) is 64.6 Å². The first kappa shape index (κ1) is 18.4. The molecule has 0 unspecified atom stereocenters. The van der Waals surface area contributed by atoms with Crippen LogP contribution in [-0.4, -0.2) is 28.0 Å². The molecule has 0 aliphatic carbocycles. The Morgan fingerprint density at radius 1 is 1.05 bits per heavy atom. The van der Waals surface area contributed by atoms with Crippen LogP contribution in [0.25, 0.3) is 0 Å². The molecule has 0 spiro atoms. The van der Waals surface area contributed by atoms with Gasteiger partial charge in [-0.25, -0.2) is 0 Å². The van der Waals surface area contributed by atoms with Gasteiger partial charge in [-0.15, -0.1) is 0 Å². The molecule has 0 bridgehead atoms. The summed E-state index contributed by atoms with van der Waals surface area (Å²) < 4.78 is 10.7. The number of unbranched alkanes of at least 4 members (excludes halogenated alkanes) is 1. The van der Waals surface area contributed by atoms with Gasteiger partial charge >= 0.3 is 5.97 Å². The van der Waals surface area contributed by atoms with E-state index in [1.54, 1.807) is 0 Å². The average Bonchev–Trinajstić information content (AvgIpc) is 2.46. The van der Waals surface area contributed by atoms with Crippen LogP contribution in [0.4, 0.5) is 0 Å². The summed E-state index contributed by atoms with van der Waals surface area (Å²) in [5.41, 5.74) is 0. The number of carbonyl (C=O) groups excluding carboxylic acids is 1. The Kier molecular flexibility index (Phi) is 10.9. The Bertz CT molecular complexity index is 252. The molecule has 0 aromatic carbocycles. The lowest BCUT2D eigenvalue weighted by atomic mass is 10.2. The fourth-order valence-corrected chi connectivity index (χ4v) is 4.76. The van der Waals surface area contributed by atoms with Gasteiger partial charge in [0.15, 0.2) is 8.32 Å². The van der Waals surface area contributed by atoms with Crippen molar-refractivity contribution < 1.29 is 14.0 Å². The van der Waals surface area contributed by atoms with E-state index in [9.17, 15) is 4.79 Å². The van der Waals surface area contributed by atoms with Gasteiger partial charge in [0, 0.05) is 13.0 Å². The minimum atomic E-state index is -1.41. The van der Waals surface area contributed by atoms with Crippen molar-refractivity contribution in [1.82, 2.24) is 0 Å². The van der Waals surface area contributed by atoms with Gasteiger partial charge < -0.3 is 9.16 Å². The second-order valence-electron chi connectivity index (χ2n) is 4.82. The molecule has 0 radical (unpaired) electrons. The standard InChI is InChI=1S/C15H30O3Si/c1-5-19(6-2,7-3)18-14-12-10-8-9-11-13-15(16)17-4/h8,10H,5-7,9,11-14H2,1-4H3/b10-8-. The Balaban J connectivity index is 3.65. The molecule has 0 rings (SSSR count). The van der Waals surface area contributed by atoms with Crippen molar-refractivity contribution in [1.29, 1.82) is 0 Å². The molecule has 0 heterocycles. The van der Waals surface area contributed by atoms with Gasteiger partial charge in [-0.05, 0) is 37.4 Å². The van der Waals surface area contributed by atoms with Crippen LogP contribution in [0.1, 0.15) is 46.5 Å². The molecule has 0 atom stereocenters. The Hall–Kier alpha value is -0.613. The van der Waals surface area contributed by atoms with Gasteiger partial charge in [-0.3, -0.25) is 4.79 Å². The van der Waals surface area contributed by atoms with Crippen LogP contribution in [0.2, 0.25) is 18.1 Å². The number of hydrogen-bond donors (Lipinski definition) is 0. The minimum absolute atomic E-state index is 0.124. The number of allylic oxidation sites excluding steroid dienone is 1. The number of esters is 1. The summed E-state index contributed by atoms with van der Waals surface area (Å²) in [6.07, 6.45) is 7.59. The van der Waals surface area contributed by atoms with E-state index in [0.29, 0.717) is 6.42 Å². The summed E-state index contributed by atoms with van der Waals surface area (Å²) in [5.74, 6) is -0.124. The third-order valence-electron chi connectivity index (χ3n) is 3.77. The van der Waals surface area contributed by atoms with E-state index in [1.165, 1.54) is 25.2 Å². The van der Waals surface area contributed by atoms with Gasteiger partial charge in [0.25, 0.3) is 0 Å². The first-order valence-corrected chi connectivity index (χ1v) is 10.0.